The molecule has 4 atom stereocenters. The topological polar surface area (TPSA) is 24.5 Å². The molecule has 1 saturated heterocycles. The summed E-state index contributed by atoms with van der Waals surface area (Å²) in [4.78, 5) is 2.54. The number of nitrogens with zero attached hydrogens (tertiary/aromatic N) is 1. The van der Waals surface area contributed by atoms with Crippen molar-refractivity contribution in [3.8, 4) is 0 Å². The van der Waals surface area contributed by atoms with Gasteiger partial charge in [0.15, 0.2) is 0 Å². The van der Waals surface area contributed by atoms with Gasteiger partial charge in [-0.3, -0.25) is 4.90 Å². The molecule has 0 aromatic heterocycles. The van der Waals surface area contributed by atoms with E-state index in [1.165, 1.54) is 24.0 Å². The SMILES string of the molecule is C=C/C=C(\C=C/C(CC)NCC)CN1CCC(CC)C(OC(C)c2ccccc2)C1. The predicted molar refractivity (Wildman–Crippen MR) is 130 cm³/mol. The van der Waals surface area contributed by atoms with E-state index in [4.69, 9.17) is 4.74 Å². The summed E-state index contributed by atoms with van der Waals surface area (Å²) in [6, 6.07) is 11.0. The molecule has 2 rings (SSSR count). The van der Waals surface area contributed by atoms with Gasteiger partial charge in [-0.05, 0) is 49.9 Å². The molecule has 1 aliphatic heterocycles. The van der Waals surface area contributed by atoms with E-state index < -0.39 is 0 Å². The molecule has 30 heavy (non-hydrogen) atoms. The monoisotopic (exact) mass is 410 g/mol. The molecule has 3 nitrogen and oxygen atoms in total. The normalized spacial score (nSPS) is 22.9. The molecule has 166 valence electrons. The number of benzene rings is 1. The van der Waals surface area contributed by atoms with E-state index in [0.29, 0.717) is 12.0 Å². The molecule has 0 radical (unpaired) electrons. The average molecular weight is 411 g/mol. The Bertz CT molecular complexity index is 667. The number of likely N-dealkylation sites (tertiary alicyclic amines) is 1. The third-order valence-electron chi connectivity index (χ3n) is 6.14. The lowest BCUT2D eigenvalue weighted by Gasteiger charge is -2.39. The first kappa shape index (κ1) is 24.6. The van der Waals surface area contributed by atoms with E-state index in [9.17, 15) is 0 Å². The fourth-order valence-corrected chi connectivity index (χ4v) is 4.28. The van der Waals surface area contributed by atoms with E-state index in [-0.39, 0.29) is 12.2 Å². The molecule has 1 aromatic carbocycles. The molecule has 0 bridgehead atoms. The van der Waals surface area contributed by atoms with Crippen molar-refractivity contribution in [1.82, 2.24) is 10.2 Å². The van der Waals surface area contributed by atoms with Crippen molar-refractivity contribution in [2.24, 2.45) is 5.92 Å². The molecule has 0 saturated carbocycles. The Morgan fingerprint density at radius 2 is 2.03 bits per heavy atom. The standard InChI is InChI=1S/C27H42N2O/c1-6-13-23(16-17-26(8-3)28-9-4)20-29-19-18-24(7-2)27(21-29)30-22(5)25-14-11-10-12-15-25/h6,10-17,22,24,26-28H,1,7-9,18-21H2,2-5H3/b17-16-,23-13+. The summed E-state index contributed by atoms with van der Waals surface area (Å²) >= 11 is 0. The molecule has 1 aliphatic rings. The first-order valence-electron chi connectivity index (χ1n) is 11.8. The van der Waals surface area contributed by atoms with Crippen LogP contribution in [0.4, 0.5) is 0 Å². The Morgan fingerprint density at radius 1 is 1.27 bits per heavy atom. The van der Waals surface area contributed by atoms with Crippen LogP contribution in [-0.2, 0) is 4.74 Å². The summed E-state index contributed by atoms with van der Waals surface area (Å²) in [5.41, 5.74) is 2.57. The smallest absolute Gasteiger partial charge is 0.0801 e. The molecule has 1 N–H and O–H groups in total. The van der Waals surface area contributed by atoms with E-state index >= 15 is 0 Å². The average Bonchev–Trinajstić information content (AvgIpc) is 2.77. The first-order chi connectivity index (χ1) is 14.6. The summed E-state index contributed by atoms with van der Waals surface area (Å²) in [5, 5.41) is 3.52. The van der Waals surface area contributed by atoms with Crippen LogP contribution in [0.5, 0.6) is 0 Å². The van der Waals surface area contributed by atoms with Gasteiger partial charge in [-0.1, -0.05) is 88.4 Å². The van der Waals surface area contributed by atoms with Gasteiger partial charge in [0.1, 0.15) is 0 Å². The van der Waals surface area contributed by atoms with E-state index in [2.05, 4.69) is 93.1 Å². The van der Waals surface area contributed by atoms with E-state index in [0.717, 1.165) is 32.6 Å². The molecule has 0 amide bonds. The number of nitrogens with one attached hydrogen (secondary N) is 1. The minimum absolute atomic E-state index is 0.124. The maximum absolute atomic E-state index is 6.59. The van der Waals surface area contributed by atoms with Crippen LogP contribution in [0.3, 0.4) is 0 Å². The lowest BCUT2D eigenvalue weighted by molar-refractivity contribution is -0.0727. The highest BCUT2D eigenvalue weighted by atomic mass is 16.5. The fraction of sp³-hybridized carbons (Fsp3) is 0.556. The van der Waals surface area contributed by atoms with Crippen LogP contribution in [0.2, 0.25) is 0 Å². The minimum Gasteiger partial charge on any atom is -0.369 e. The second kappa shape index (κ2) is 13.6. The van der Waals surface area contributed by atoms with Crippen molar-refractivity contribution >= 4 is 0 Å². The minimum atomic E-state index is 0.124. The van der Waals surface area contributed by atoms with Crippen molar-refractivity contribution in [3.63, 3.8) is 0 Å². The molecular weight excluding hydrogens is 368 g/mol. The van der Waals surface area contributed by atoms with Gasteiger partial charge in [0.25, 0.3) is 0 Å². The van der Waals surface area contributed by atoms with Crippen molar-refractivity contribution in [1.29, 1.82) is 0 Å². The van der Waals surface area contributed by atoms with Crippen molar-refractivity contribution in [2.45, 2.75) is 65.2 Å². The van der Waals surface area contributed by atoms with Gasteiger partial charge in [0.2, 0.25) is 0 Å². The van der Waals surface area contributed by atoms with Crippen molar-refractivity contribution < 1.29 is 4.74 Å². The number of hydrogen-bond donors (Lipinski definition) is 1. The zero-order valence-electron chi connectivity index (χ0n) is 19.5. The second-order valence-corrected chi connectivity index (χ2v) is 8.33. The largest absolute Gasteiger partial charge is 0.369 e. The zero-order chi connectivity index (χ0) is 21.8. The van der Waals surface area contributed by atoms with Crippen molar-refractivity contribution in [2.75, 3.05) is 26.2 Å². The molecule has 1 heterocycles. The van der Waals surface area contributed by atoms with Crippen LogP contribution in [0.15, 0.2) is 66.8 Å². The Hall–Kier alpha value is -1.68. The van der Waals surface area contributed by atoms with Gasteiger partial charge in [0.05, 0.1) is 12.2 Å². The number of piperidine rings is 1. The molecule has 1 fully saturated rings. The van der Waals surface area contributed by atoms with Crippen LogP contribution in [0, 0.1) is 5.92 Å². The number of rotatable bonds is 12. The highest BCUT2D eigenvalue weighted by Gasteiger charge is 2.30. The van der Waals surface area contributed by atoms with Gasteiger partial charge < -0.3 is 10.1 Å². The summed E-state index contributed by atoms with van der Waals surface area (Å²) in [5.74, 6) is 0.632. The molecule has 1 aromatic rings. The van der Waals surface area contributed by atoms with Gasteiger partial charge in [-0.25, -0.2) is 0 Å². The highest BCUT2D eigenvalue weighted by molar-refractivity contribution is 5.26. The molecule has 0 aliphatic carbocycles. The number of hydrogen-bond acceptors (Lipinski definition) is 3. The summed E-state index contributed by atoms with van der Waals surface area (Å²) < 4.78 is 6.59. The lowest BCUT2D eigenvalue weighted by Crippen LogP contribution is -2.45. The Kier molecular flexibility index (Phi) is 11.1. The Labute approximate surface area is 184 Å². The highest BCUT2D eigenvalue weighted by Crippen LogP contribution is 2.29. The van der Waals surface area contributed by atoms with Gasteiger partial charge in [-0.2, -0.15) is 0 Å². The predicted octanol–water partition coefficient (Wildman–Crippen LogP) is 5.92. The van der Waals surface area contributed by atoms with Gasteiger partial charge in [0, 0.05) is 19.1 Å². The van der Waals surface area contributed by atoms with Gasteiger partial charge in [-0.15, -0.1) is 0 Å². The number of ether oxygens (including phenoxy) is 1. The van der Waals surface area contributed by atoms with Crippen molar-refractivity contribution in [3.05, 3.63) is 72.4 Å². The zero-order valence-corrected chi connectivity index (χ0v) is 19.5. The number of likely N-dealkylation sites (N-methyl/N-ethyl adjacent to an activating group) is 1. The number of allylic oxidation sites excluding steroid dienone is 2. The van der Waals surface area contributed by atoms with Gasteiger partial charge >= 0.3 is 0 Å². The third-order valence-corrected chi connectivity index (χ3v) is 6.14. The summed E-state index contributed by atoms with van der Waals surface area (Å²) in [6.45, 7) is 16.8. The second-order valence-electron chi connectivity index (χ2n) is 8.33. The molecular formula is C27H42N2O. The summed E-state index contributed by atoms with van der Waals surface area (Å²) in [6.07, 6.45) is 12.5. The third kappa shape index (κ3) is 7.86. The molecule has 4 unspecified atom stereocenters. The van der Waals surface area contributed by atoms with E-state index in [1.54, 1.807) is 0 Å². The van der Waals surface area contributed by atoms with Crippen LogP contribution in [0.25, 0.3) is 0 Å². The van der Waals surface area contributed by atoms with Crippen LogP contribution < -0.4 is 5.32 Å². The Balaban J connectivity index is 2.01. The molecule has 3 heteroatoms. The van der Waals surface area contributed by atoms with E-state index in [1.807, 2.05) is 6.08 Å². The fourth-order valence-electron chi connectivity index (χ4n) is 4.28. The first-order valence-corrected chi connectivity index (χ1v) is 11.8. The van der Waals surface area contributed by atoms with Crippen LogP contribution >= 0.6 is 0 Å². The van der Waals surface area contributed by atoms with Crippen LogP contribution in [0.1, 0.15) is 58.6 Å². The summed E-state index contributed by atoms with van der Waals surface area (Å²) in [7, 11) is 0. The van der Waals surface area contributed by atoms with Crippen LogP contribution in [-0.4, -0.2) is 43.2 Å². The lowest BCUT2D eigenvalue weighted by atomic mass is 9.90. The molecule has 0 spiro atoms. The Morgan fingerprint density at radius 3 is 2.67 bits per heavy atom. The maximum atomic E-state index is 6.59. The quantitative estimate of drug-likeness (QED) is 0.433. The maximum Gasteiger partial charge on any atom is 0.0801 e.